The Morgan fingerprint density at radius 1 is 1.16 bits per heavy atom. The van der Waals surface area contributed by atoms with Gasteiger partial charge in [0.1, 0.15) is 0 Å². The van der Waals surface area contributed by atoms with Crippen molar-refractivity contribution in [1.29, 1.82) is 0 Å². The van der Waals surface area contributed by atoms with Crippen LogP contribution in [0.25, 0.3) is 10.9 Å². The standard InChI is InChI=1S/C15H15N3S/c1-10-17-9-14(19-10)15(16-2)12-7-11-5-3-4-6-13(11)18-8-12/h3-9,15-16H,1-2H3. The Morgan fingerprint density at radius 2 is 2.00 bits per heavy atom. The third kappa shape index (κ3) is 2.37. The Bertz CT molecular complexity index is 705. The van der Waals surface area contributed by atoms with E-state index < -0.39 is 0 Å². The van der Waals surface area contributed by atoms with E-state index in [0.29, 0.717) is 0 Å². The number of nitrogens with zero attached hydrogens (tertiary/aromatic N) is 2. The quantitative estimate of drug-likeness (QED) is 0.792. The number of para-hydroxylation sites is 1. The lowest BCUT2D eigenvalue weighted by atomic mass is 10.1. The first-order chi connectivity index (χ1) is 9.28. The minimum Gasteiger partial charge on any atom is -0.309 e. The summed E-state index contributed by atoms with van der Waals surface area (Å²) in [6.07, 6.45) is 3.88. The molecule has 0 saturated carbocycles. The second kappa shape index (κ2) is 5.07. The largest absolute Gasteiger partial charge is 0.309 e. The molecule has 3 nitrogen and oxygen atoms in total. The molecule has 0 spiro atoms. The fourth-order valence-electron chi connectivity index (χ4n) is 2.23. The van der Waals surface area contributed by atoms with E-state index in [0.717, 1.165) is 10.5 Å². The molecular weight excluding hydrogens is 254 g/mol. The number of rotatable bonds is 3. The first kappa shape index (κ1) is 12.3. The van der Waals surface area contributed by atoms with Crippen molar-refractivity contribution in [2.45, 2.75) is 13.0 Å². The maximum atomic E-state index is 4.53. The zero-order valence-corrected chi connectivity index (χ0v) is 11.7. The molecule has 0 saturated heterocycles. The fraction of sp³-hybridized carbons (Fsp3) is 0.200. The summed E-state index contributed by atoms with van der Waals surface area (Å²) in [7, 11) is 1.97. The molecule has 3 aromatic rings. The van der Waals surface area contributed by atoms with Gasteiger partial charge in [0, 0.05) is 22.7 Å². The van der Waals surface area contributed by atoms with Crippen LogP contribution in [0.2, 0.25) is 0 Å². The number of aryl methyl sites for hydroxylation is 1. The van der Waals surface area contributed by atoms with Crippen LogP contribution in [0, 0.1) is 6.92 Å². The van der Waals surface area contributed by atoms with Gasteiger partial charge in [0.15, 0.2) is 0 Å². The highest BCUT2D eigenvalue weighted by molar-refractivity contribution is 7.11. The fourth-order valence-corrected chi connectivity index (χ4v) is 3.15. The van der Waals surface area contributed by atoms with E-state index in [1.165, 1.54) is 15.8 Å². The van der Waals surface area contributed by atoms with Crippen LogP contribution >= 0.6 is 11.3 Å². The Kier molecular flexibility index (Phi) is 3.27. The van der Waals surface area contributed by atoms with Crippen molar-refractivity contribution < 1.29 is 0 Å². The Hall–Kier alpha value is -1.78. The summed E-state index contributed by atoms with van der Waals surface area (Å²) < 4.78 is 0. The average Bonchev–Trinajstić information content (AvgIpc) is 2.86. The van der Waals surface area contributed by atoms with Crippen LogP contribution in [0.15, 0.2) is 42.7 Å². The van der Waals surface area contributed by atoms with E-state index in [-0.39, 0.29) is 6.04 Å². The lowest BCUT2D eigenvalue weighted by molar-refractivity contribution is 0.700. The van der Waals surface area contributed by atoms with E-state index in [4.69, 9.17) is 0 Å². The number of benzene rings is 1. The summed E-state index contributed by atoms with van der Waals surface area (Å²) in [5.41, 5.74) is 2.20. The molecule has 0 aliphatic heterocycles. The first-order valence-corrected chi connectivity index (χ1v) is 7.04. The Morgan fingerprint density at radius 3 is 2.74 bits per heavy atom. The van der Waals surface area contributed by atoms with E-state index in [2.05, 4.69) is 27.4 Å². The van der Waals surface area contributed by atoms with E-state index in [9.17, 15) is 0 Å². The van der Waals surface area contributed by atoms with Gasteiger partial charge in [-0.05, 0) is 31.7 Å². The number of aromatic nitrogens is 2. The maximum Gasteiger partial charge on any atom is 0.0897 e. The highest BCUT2D eigenvalue weighted by atomic mass is 32.1. The van der Waals surface area contributed by atoms with Crippen LogP contribution in [0.5, 0.6) is 0 Å². The number of hydrogen-bond donors (Lipinski definition) is 1. The van der Waals surface area contributed by atoms with E-state index in [1.54, 1.807) is 11.3 Å². The summed E-state index contributed by atoms with van der Waals surface area (Å²) in [5, 5.41) is 5.60. The number of pyridine rings is 1. The van der Waals surface area contributed by atoms with Crippen LogP contribution in [0.3, 0.4) is 0 Å². The molecule has 0 aliphatic carbocycles. The topological polar surface area (TPSA) is 37.8 Å². The van der Waals surface area contributed by atoms with Crippen molar-refractivity contribution in [2.75, 3.05) is 7.05 Å². The van der Waals surface area contributed by atoms with Gasteiger partial charge in [-0.15, -0.1) is 11.3 Å². The van der Waals surface area contributed by atoms with Crippen LogP contribution in [0.4, 0.5) is 0 Å². The average molecular weight is 269 g/mol. The third-order valence-corrected chi connectivity index (χ3v) is 4.13. The van der Waals surface area contributed by atoms with Gasteiger partial charge < -0.3 is 5.32 Å². The number of nitrogens with one attached hydrogen (secondary N) is 1. The highest BCUT2D eigenvalue weighted by Crippen LogP contribution is 2.27. The van der Waals surface area contributed by atoms with Gasteiger partial charge in [-0.25, -0.2) is 4.98 Å². The molecule has 19 heavy (non-hydrogen) atoms. The van der Waals surface area contributed by atoms with Crippen molar-refractivity contribution in [2.24, 2.45) is 0 Å². The van der Waals surface area contributed by atoms with E-state index >= 15 is 0 Å². The van der Waals surface area contributed by atoms with Crippen molar-refractivity contribution in [3.8, 4) is 0 Å². The van der Waals surface area contributed by atoms with Crippen molar-refractivity contribution in [3.63, 3.8) is 0 Å². The van der Waals surface area contributed by atoms with Crippen LogP contribution in [-0.4, -0.2) is 17.0 Å². The van der Waals surface area contributed by atoms with Gasteiger partial charge in [-0.3, -0.25) is 4.98 Å². The minimum atomic E-state index is 0.156. The molecule has 4 heteroatoms. The molecule has 2 aromatic heterocycles. The van der Waals surface area contributed by atoms with Crippen LogP contribution in [-0.2, 0) is 0 Å². The number of hydrogen-bond acceptors (Lipinski definition) is 4. The normalized spacial score (nSPS) is 12.7. The molecule has 1 aromatic carbocycles. The molecule has 0 fully saturated rings. The van der Waals surface area contributed by atoms with Crippen LogP contribution < -0.4 is 5.32 Å². The van der Waals surface area contributed by atoms with Crippen molar-refractivity contribution in [1.82, 2.24) is 15.3 Å². The lowest BCUT2D eigenvalue weighted by Gasteiger charge is -2.14. The van der Waals surface area contributed by atoms with Gasteiger partial charge in [-0.1, -0.05) is 18.2 Å². The molecule has 1 atom stereocenters. The first-order valence-electron chi connectivity index (χ1n) is 6.22. The summed E-state index contributed by atoms with van der Waals surface area (Å²) in [4.78, 5) is 10.1. The molecule has 0 amide bonds. The molecule has 0 bridgehead atoms. The predicted molar refractivity (Wildman–Crippen MR) is 79.5 cm³/mol. The molecule has 1 N–H and O–H groups in total. The number of thiazole rings is 1. The van der Waals surface area contributed by atoms with Gasteiger partial charge in [0.2, 0.25) is 0 Å². The summed E-state index contributed by atoms with van der Waals surface area (Å²) >= 11 is 1.72. The van der Waals surface area contributed by atoms with Crippen LogP contribution in [0.1, 0.15) is 21.5 Å². The smallest absolute Gasteiger partial charge is 0.0897 e. The zero-order chi connectivity index (χ0) is 13.2. The molecule has 1 unspecified atom stereocenters. The minimum absolute atomic E-state index is 0.156. The molecule has 96 valence electrons. The maximum absolute atomic E-state index is 4.53. The summed E-state index contributed by atoms with van der Waals surface area (Å²) in [6.45, 7) is 2.03. The SMILES string of the molecule is CNC(c1cnc2ccccc2c1)c1cnc(C)s1. The Balaban J connectivity index is 2.06. The third-order valence-electron chi connectivity index (χ3n) is 3.16. The monoisotopic (exact) mass is 269 g/mol. The zero-order valence-electron chi connectivity index (χ0n) is 10.9. The van der Waals surface area contributed by atoms with E-state index in [1.807, 2.05) is 44.6 Å². The van der Waals surface area contributed by atoms with Gasteiger partial charge in [0.25, 0.3) is 0 Å². The lowest BCUT2D eigenvalue weighted by Crippen LogP contribution is -2.16. The van der Waals surface area contributed by atoms with Crippen molar-refractivity contribution in [3.05, 3.63) is 58.2 Å². The molecule has 0 radical (unpaired) electrons. The molecular formula is C15H15N3S. The molecule has 3 rings (SSSR count). The van der Waals surface area contributed by atoms with Gasteiger partial charge >= 0.3 is 0 Å². The summed E-state index contributed by atoms with van der Waals surface area (Å²) in [5.74, 6) is 0. The molecule has 2 heterocycles. The van der Waals surface area contributed by atoms with Crippen molar-refractivity contribution >= 4 is 22.2 Å². The molecule has 0 aliphatic rings. The highest BCUT2D eigenvalue weighted by Gasteiger charge is 2.15. The Labute approximate surface area is 116 Å². The second-order valence-corrected chi connectivity index (χ2v) is 5.73. The number of fused-ring (bicyclic) bond motifs is 1. The van der Waals surface area contributed by atoms with Gasteiger partial charge in [-0.2, -0.15) is 0 Å². The predicted octanol–water partition coefficient (Wildman–Crippen LogP) is 3.31. The second-order valence-electron chi connectivity index (χ2n) is 4.46. The van der Waals surface area contributed by atoms with Gasteiger partial charge in [0.05, 0.1) is 16.6 Å². The summed E-state index contributed by atoms with van der Waals surface area (Å²) in [6, 6.07) is 10.5.